The minimum atomic E-state index is 0.325. The summed E-state index contributed by atoms with van der Waals surface area (Å²) in [5.74, 6) is 0.325. The van der Waals surface area contributed by atoms with E-state index >= 15 is 0 Å². The maximum atomic E-state index is 12.1. The van der Waals surface area contributed by atoms with Gasteiger partial charge in [0, 0.05) is 42.6 Å². The topological polar surface area (TPSA) is 23.6 Å². The first-order chi connectivity index (χ1) is 10.7. The fourth-order valence-electron chi connectivity index (χ4n) is 3.70. The first kappa shape index (κ1) is 15.8. The lowest BCUT2D eigenvalue weighted by atomic mass is 10.1. The standard InChI is InChI=1S/C18H23BrN2O/c1-2-18(22)21-16-8-9-17(21)13-20(12-16)11-15(19)10-14-6-4-3-5-7-14/h3-7,10,16-17H,2,8-9,11-13H2,1H3. The van der Waals surface area contributed by atoms with Crippen molar-refractivity contribution in [3.63, 3.8) is 0 Å². The van der Waals surface area contributed by atoms with Gasteiger partial charge in [-0.25, -0.2) is 0 Å². The third-order valence-corrected chi connectivity index (χ3v) is 5.13. The smallest absolute Gasteiger partial charge is 0.222 e. The van der Waals surface area contributed by atoms with Crippen LogP contribution in [0.5, 0.6) is 0 Å². The van der Waals surface area contributed by atoms with E-state index in [4.69, 9.17) is 0 Å². The van der Waals surface area contributed by atoms with Crippen molar-refractivity contribution in [2.45, 2.75) is 38.3 Å². The number of carbonyl (C=O) groups excluding carboxylic acids is 1. The highest BCUT2D eigenvalue weighted by molar-refractivity contribution is 9.11. The van der Waals surface area contributed by atoms with E-state index in [1.165, 1.54) is 10.0 Å². The van der Waals surface area contributed by atoms with E-state index in [-0.39, 0.29) is 0 Å². The van der Waals surface area contributed by atoms with Crippen molar-refractivity contribution < 1.29 is 4.79 Å². The fraction of sp³-hybridized carbons (Fsp3) is 0.500. The lowest BCUT2D eigenvalue weighted by Crippen LogP contribution is -2.55. The number of fused-ring (bicyclic) bond motifs is 2. The van der Waals surface area contributed by atoms with Crippen LogP contribution in [-0.2, 0) is 4.79 Å². The molecule has 1 amide bonds. The minimum Gasteiger partial charge on any atom is -0.334 e. The minimum absolute atomic E-state index is 0.325. The molecule has 2 unspecified atom stereocenters. The van der Waals surface area contributed by atoms with Crippen LogP contribution in [0.25, 0.3) is 6.08 Å². The second-order valence-corrected chi connectivity index (χ2v) is 7.25. The predicted octanol–water partition coefficient (Wildman–Crippen LogP) is 3.51. The number of rotatable bonds is 4. The van der Waals surface area contributed by atoms with E-state index in [0.29, 0.717) is 24.4 Å². The molecule has 2 atom stereocenters. The second kappa shape index (κ2) is 6.97. The number of halogens is 1. The van der Waals surface area contributed by atoms with Crippen LogP contribution >= 0.6 is 15.9 Å². The molecule has 1 aromatic carbocycles. The third kappa shape index (κ3) is 3.44. The fourth-order valence-corrected chi connectivity index (χ4v) is 4.32. The number of nitrogens with zero attached hydrogens (tertiary/aromatic N) is 2. The molecule has 118 valence electrons. The molecule has 0 aromatic heterocycles. The highest BCUT2D eigenvalue weighted by atomic mass is 79.9. The van der Waals surface area contributed by atoms with Crippen molar-refractivity contribution in [3.8, 4) is 0 Å². The van der Waals surface area contributed by atoms with Crippen LogP contribution in [-0.4, -0.2) is 47.4 Å². The molecule has 0 spiro atoms. The van der Waals surface area contributed by atoms with Crippen LogP contribution in [0.1, 0.15) is 31.7 Å². The Morgan fingerprint density at radius 1 is 1.23 bits per heavy atom. The van der Waals surface area contributed by atoms with Gasteiger partial charge in [-0.1, -0.05) is 53.2 Å². The summed E-state index contributed by atoms with van der Waals surface area (Å²) in [5, 5.41) is 0. The average molecular weight is 363 g/mol. The van der Waals surface area contributed by atoms with E-state index in [9.17, 15) is 4.79 Å². The predicted molar refractivity (Wildman–Crippen MR) is 93.7 cm³/mol. The zero-order valence-electron chi connectivity index (χ0n) is 13.0. The first-order valence-electron chi connectivity index (χ1n) is 8.12. The summed E-state index contributed by atoms with van der Waals surface area (Å²) in [6, 6.07) is 11.2. The number of hydrogen-bond acceptors (Lipinski definition) is 2. The van der Waals surface area contributed by atoms with Gasteiger partial charge in [0.05, 0.1) is 0 Å². The third-order valence-electron chi connectivity index (χ3n) is 4.65. The summed E-state index contributed by atoms with van der Waals surface area (Å²) < 4.78 is 1.20. The molecule has 2 saturated heterocycles. The largest absolute Gasteiger partial charge is 0.334 e. The molecule has 0 saturated carbocycles. The van der Waals surface area contributed by atoms with Crippen LogP contribution in [0.3, 0.4) is 0 Å². The van der Waals surface area contributed by atoms with E-state index in [1.54, 1.807) is 0 Å². The summed E-state index contributed by atoms with van der Waals surface area (Å²) >= 11 is 3.71. The van der Waals surface area contributed by atoms with Gasteiger partial charge in [-0.3, -0.25) is 9.69 Å². The number of amides is 1. The van der Waals surface area contributed by atoms with Crippen molar-refractivity contribution in [2.24, 2.45) is 0 Å². The zero-order valence-corrected chi connectivity index (χ0v) is 14.6. The van der Waals surface area contributed by atoms with E-state index in [0.717, 1.165) is 32.5 Å². The number of hydrogen-bond donors (Lipinski definition) is 0. The van der Waals surface area contributed by atoms with Crippen LogP contribution in [0.2, 0.25) is 0 Å². The molecule has 0 radical (unpaired) electrons. The van der Waals surface area contributed by atoms with E-state index < -0.39 is 0 Å². The van der Waals surface area contributed by atoms with Crippen molar-refractivity contribution in [3.05, 3.63) is 40.4 Å². The van der Waals surface area contributed by atoms with Crippen LogP contribution in [0, 0.1) is 0 Å². The maximum absolute atomic E-state index is 12.1. The SMILES string of the molecule is CCC(=O)N1C2CCC1CN(CC(Br)=Cc1ccccc1)C2. The lowest BCUT2D eigenvalue weighted by Gasteiger charge is -2.41. The van der Waals surface area contributed by atoms with Gasteiger partial charge in [-0.05, 0) is 24.5 Å². The molecular weight excluding hydrogens is 340 g/mol. The Balaban J connectivity index is 1.62. The normalized spacial score (nSPS) is 25.5. The molecule has 1 aromatic rings. The molecule has 2 aliphatic rings. The Kier molecular flexibility index (Phi) is 4.99. The van der Waals surface area contributed by atoms with E-state index in [2.05, 4.69) is 56.1 Å². The molecule has 2 bridgehead atoms. The van der Waals surface area contributed by atoms with Crippen LogP contribution in [0.15, 0.2) is 34.8 Å². The molecule has 3 nitrogen and oxygen atoms in total. The number of likely N-dealkylation sites (tertiary alicyclic amines) is 1. The van der Waals surface area contributed by atoms with Gasteiger partial charge in [0.15, 0.2) is 0 Å². The molecule has 0 aliphatic carbocycles. The lowest BCUT2D eigenvalue weighted by molar-refractivity contribution is -0.136. The molecule has 0 N–H and O–H groups in total. The molecule has 2 fully saturated rings. The number of piperazine rings is 1. The van der Waals surface area contributed by atoms with Crippen LogP contribution < -0.4 is 0 Å². The summed E-state index contributed by atoms with van der Waals surface area (Å²) in [5.41, 5.74) is 1.22. The molecule has 3 rings (SSSR count). The second-order valence-electron chi connectivity index (χ2n) is 6.24. The highest BCUT2D eigenvalue weighted by Crippen LogP contribution is 2.31. The summed E-state index contributed by atoms with van der Waals surface area (Å²) in [6.07, 6.45) is 5.13. The van der Waals surface area contributed by atoms with Gasteiger partial charge in [-0.2, -0.15) is 0 Å². The molecule has 22 heavy (non-hydrogen) atoms. The summed E-state index contributed by atoms with van der Waals surface area (Å²) in [4.78, 5) is 16.7. The molecule has 2 heterocycles. The Morgan fingerprint density at radius 3 is 2.45 bits per heavy atom. The number of benzene rings is 1. The Hall–Kier alpha value is -1.13. The Labute approximate surface area is 141 Å². The molecule has 4 heteroatoms. The monoisotopic (exact) mass is 362 g/mol. The number of carbonyl (C=O) groups is 1. The molecule has 2 aliphatic heterocycles. The van der Waals surface area contributed by atoms with Gasteiger partial charge < -0.3 is 4.90 Å². The van der Waals surface area contributed by atoms with Gasteiger partial charge in [0.2, 0.25) is 5.91 Å². The van der Waals surface area contributed by atoms with Crippen molar-refractivity contribution in [1.29, 1.82) is 0 Å². The zero-order chi connectivity index (χ0) is 15.5. The first-order valence-corrected chi connectivity index (χ1v) is 8.91. The van der Waals surface area contributed by atoms with Gasteiger partial charge >= 0.3 is 0 Å². The molecular formula is C18H23BrN2O. The Bertz CT molecular complexity index is 543. The quantitative estimate of drug-likeness (QED) is 0.818. The van der Waals surface area contributed by atoms with Crippen molar-refractivity contribution >= 4 is 27.9 Å². The summed E-state index contributed by atoms with van der Waals surface area (Å²) in [6.45, 7) is 4.89. The van der Waals surface area contributed by atoms with Crippen molar-refractivity contribution in [2.75, 3.05) is 19.6 Å². The van der Waals surface area contributed by atoms with Gasteiger partial charge in [0.25, 0.3) is 0 Å². The summed E-state index contributed by atoms with van der Waals surface area (Å²) in [7, 11) is 0. The average Bonchev–Trinajstić information content (AvgIpc) is 2.78. The Morgan fingerprint density at radius 2 is 1.86 bits per heavy atom. The van der Waals surface area contributed by atoms with Crippen LogP contribution in [0.4, 0.5) is 0 Å². The van der Waals surface area contributed by atoms with Gasteiger partial charge in [0.1, 0.15) is 0 Å². The van der Waals surface area contributed by atoms with E-state index in [1.807, 2.05) is 13.0 Å². The highest BCUT2D eigenvalue weighted by Gasteiger charge is 2.41. The maximum Gasteiger partial charge on any atom is 0.222 e. The van der Waals surface area contributed by atoms with Crippen molar-refractivity contribution in [1.82, 2.24) is 9.80 Å². The van der Waals surface area contributed by atoms with Gasteiger partial charge in [-0.15, -0.1) is 0 Å².